The maximum atomic E-state index is 14.5. The number of amides is 2. The van der Waals surface area contributed by atoms with Gasteiger partial charge in [-0.2, -0.15) is 26.3 Å². The number of carbonyl (C=O) groups excluding carboxylic acids is 4. The first-order chi connectivity index (χ1) is 28.7. The molecule has 0 saturated carbocycles. The number of carbonyl (C=O) groups is 4. The first-order valence-electron chi connectivity index (χ1n) is 19.4. The third-order valence-electron chi connectivity index (χ3n) is 10.8. The summed E-state index contributed by atoms with van der Waals surface area (Å²) in [5.41, 5.74) is 0.221. The van der Waals surface area contributed by atoms with Crippen LogP contribution in [0.1, 0.15) is 95.7 Å². The number of aliphatic hydroxyl groups is 1. The van der Waals surface area contributed by atoms with E-state index >= 15 is 0 Å². The molecule has 3 N–H and O–H groups in total. The van der Waals surface area contributed by atoms with Crippen LogP contribution < -0.4 is 48.4 Å². The number of benzene rings is 4. The first kappa shape index (κ1) is 51.2. The first-order valence-corrected chi connectivity index (χ1v) is 19.4. The molecule has 2 aliphatic rings. The molecular formula is C44H45F7Li2N4O6. The van der Waals surface area contributed by atoms with Crippen molar-refractivity contribution >= 4 is 23.8 Å². The summed E-state index contributed by atoms with van der Waals surface area (Å²) in [7, 11) is 0. The topological polar surface area (TPSA) is 128 Å². The number of esters is 2. The standard InChI is InChI=1S/C44H43F7N4O6.2Li.2H/c1-25(52-39(57)37-19-35(45)23-54(37)21-27-5-3-7-33(17-27)43(46,47)48)29-9-13-31(14-10-29)41(59)61-42(60)32-15-11-30(12-16-32)26(2)53-40(58)38-20-36(56)24-55(38)22-28-6-4-8-34(18-28)44(49,50)51;;;;/h3-18,25-26,35-38,56H,19-24H2,1-2H3,(H,52,57)(H,53,58);;;;/q;2*+1;2*-1/t25-,26-,35-,36+,37+,38+;;;;/m0..../s1. The van der Waals surface area contributed by atoms with E-state index < -0.39 is 83.7 Å². The van der Waals surface area contributed by atoms with E-state index in [-0.39, 0.29) is 90.7 Å². The third-order valence-corrected chi connectivity index (χ3v) is 10.8. The number of halogens is 7. The van der Waals surface area contributed by atoms with Gasteiger partial charge in [0, 0.05) is 32.6 Å². The van der Waals surface area contributed by atoms with Gasteiger partial charge in [0.25, 0.3) is 0 Å². The monoisotopic (exact) mass is 872 g/mol. The smallest absolute Gasteiger partial charge is 1.00 e. The van der Waals surface area contributed by atoms with E-state index in [1.54, 1.807) is 43.0 Å². The van der Waals surface area contributed by atoms with Crippen LogP contribution in [-0.2, 0) is 39.8 Å². The van der Waals surface area contributed by atoms with Gasteiger partial charge in [0.2, 0.25) is 11.8 Å². The zero-order chi connectivity index (χ0) is 44.2. The van der Waals surface area contributed by atoms with Crippen molar-refractivity contribution in [3.05, 3.63) is 142 Å². The van der Waals surface area contributed by atoms with Gasteiger partial charge in [-0.05, 0) is 78.9 Å². The van der Waals surface area contributed by atoms with E-state index in [2.05, 4.69) is 10.6 Å². The summed E-state index contributed by atoms with van der Waals surface area (Å²) in [4.78, 5) is 55.4. The average Bonchev–Trinajstić information content (AvgIpc) is 3.77. The second-order valence-corrected chi connectivity index (χ2v) is 15.4. The summed E-state index contributed by atoms with van der Waals surface area (Å²) >= 11 is 0. The molecule has 0 radical (unpaired) electrons. The zero-order valence-electron chi connectivity index (χ0n) is 37.0. The summed E-state index contributed by atoms with van der Waals surface area (Å²) < 4.78 is 98.9. The van der Waals surface area contributed by atoms with E-state index in [1.807, 2.05) is 0 Å². The number of aliphatic hydroxyl groups excluding tert-OH is 1. The fourth-order valence-corrected chi connectivity index (χ4v) is 7.59. The molecule has 4 aromatic carbocycles. The maximum absolute atomic E-state index is 14.5. The normalized spacial score (nSPS) is 20.2. The molecule has 63 heavy (non-hydrogen) atoms. The Balaban J connectivity index is 0.00000363. The molecule has 4 aromatic rings. The molecule has 6 atom stereocenters. The number of nitrogens with zero attached hydrogens (tertiary/aromatic N) is 2. The molecule has 6 rings (SSSR count). The molecule has 19 heteroatoms. The molecule has 328 valence electrons. The van der Waals surface area contributed by atoms with Crippen LogP contribution in [0.2, 0.25) is 0 Å². The predicted molar refractivity (Wildman–Crippen MR) is 209 cm³/mol. The van der Waals surface area contributed by atoms with Crippen LogP contribution in [0.5, 0.6) is 0 Å². The predicted octanol–water partition coefficient (Wildman–Crippen LogP) is 1.56. The largest absolute Gasteiger partial charge is 1.00 e. The molecule has 0 aromatic heterocycles. The number of nitrogens with one attached hydrogen (secondary N) is 2. The van der Waals surface area contributed by atoms with Gasteiger partial charge in [-0.15, -0.1) is 0 Å². The van der Waals surface area contributed by atoms with E-state index in [0.29, 0.717) is 22.3 Å². The molecule has 2 amide bonds. The summed E-state index contributed by atoms with van der Waals surface area (Å²) in [5, 5.41) is 16.0. The summed E-state index contributed by atoms with van der Waals surface area (Å²) in [6.45, 7) is 3.31. The fraction of sp³-hybridized carbons (Fsp3) is 0.364. The third kappa shape index (κ3) is 13.3. The molecule has 2 saturated heterocycles. The van der Waals surface area contributed by atoms with Crippen molar-refractivity contribution in [2.75, 3.05) is 13.1 Å². The van der Waals surface area contributed by atoms with E-state index in [4.69, 9.17) is 4.74 Å². The van der Waals surface area contributed by atoms with Crippen molar-refractivity contribution in [1.82, 2.24) is 20.4 Å². The molecule has 0 aliphatic carbocycles. The van der Waals surface area contributed by atoms with Gasteiger partial charge in [0.05, 0.1) is 52.5 Å². The SMILES string of the molecule is C[C@H](NC(=O)[C@H]1C[C@@H](O)CN1Cc1cccc(C(F)(F)F)c1)c1ccc(C(=O)OC(=O)c2ccc([C@H](C)NC(=O)[C@H]3C[C@H](F)CN3Cc3cccc(C(F)(F)F)c3)cc2)cc1.[H-].[H-].[Li+].[Li+]. The molecular weight excluding hydrogens is 827 g/mol. The summed E-state index contributed by atoms with van der Waals surface area (Å²) in [5.74, 6) is -2.84. The molecule has 2 aliphatic heterocycles. The summed E-state index contributed by atoms with van der Waals surface area (Å²) in [6, 6.07) is 18.4. The van der Waals surface area contributed by atoms with Gasteiger partial charge in [-0.3, -0.25) is 19.4 Å². The zero-order valence-corrected chi connectivity index (χ0v) is 35.0. The Morgan fingerprint density at radius 1 is 0.667 bits per heavy atom. The maximum Gasteiger partial charge on any atom is 1.00 e. The Bertz CT molecular complexity index is 2090. The second-order valence-electron chi connectivity index (χ2n) is 15.4. The van der Waals surface area contributed by atoms with E-state index in [0.717, 1.165) is 24.3 Å². The summed E-state index contributed by atoms with van der Waals surface area (Å²) in [6.07, 6.45) is -11.3. The second kappa shape index (κ2) is 21.5. The Labute approximate surface area is 386 Å². The van der Waals surface area contributed by atoms with Crippen LogP contribution in [-0.4, -0.2) is 76.1 Å². The van der Waals surface area contributed by atoms with Crippen molar-refractivity contribution < 1.29 is 100 Å². The Hall–Kier alpha value is -4.46. The molecule has 2 fully saturated rings. The minimum atomic E-state index is -4.55. The van der Waals surface area contributed by atoms with Gasteiger partial charge in [0.15, 0.2) is 0 Å². The van der Waals surface area contributed by atoms with Crippen LogP contribution in [0.4, 0.5) is 30.7 Å². The van der Waals surface area contributed by atoms with Crippen LogP contribution in [0.25, 0.3) is 0 Å². The number of β-amino-alcohol motifs (C(OH)–C–C–N with tert-alkyl or cyclic N) is 1. The van der Waals surface area contributed by atoms with Crippen LogP contribution in [0.3, 0.4) is 0 Å². The number of likely N-dealkylation sites (tertiary alicyclic amines) is 2. The van der Waals surface area contributed by atoms with Crippen LogP contribution in [0, 0.1) is 0 Å². The fourth-order valence-electron chi connectivity index (χ4n) is 7.59. The van der Waals surface area contributed by atoms with Crippen molar-refractivity contribution in [3.63, 3.8) is 0 Å². The minimum absolute atomic E-state index is 0. The molecule has 0 unspecified atom stereocenters. The van der Waals surface area contributed by atoms with Crippen LogP contribution in [0.15, 0.2) is 97.1 Å². The van der Waals surface area contributed by atoms with Crippen molar-refractivity contribution in [2.24, 2.45) is 0 Å². The van der Waals surface area contributed by atoms with Gasteiger partial charge in [-0.1, -0.05) is 60.7 Å². The average molecular weight is 873 g/mol. The number of ether oxygens (including phenoxy) is 1. The number of alkyl halides is 7. The quantitative estimate of drug-likeness (QED) is 0.0849. The van der Waals surface area contributed by atoms with Gasteiger partial charge in [0.1, 0.15) is 6.17 Å². The van der Waals surface area contributed by atoms with E-state index in [9.17, 15) is 55.0 Å². The van der Waals surface area contributed by atoms with Gasteiger partial charge >= 0.3 is 62.0 Å². The van der Waals surface area contributed by atoms with Gasteiger partial charge < -0.3 is 23.3 Å². The molecule has 0 bridgehead atoms. The number of rotatable bonds is 12. The van der Waals surface area contributed by atoms with Crippen molar-refractivity contribution in [1.29, 1.82) is 0 Å². The molecule has 0 spiro atoms. The number of hydrogen-bond acceptors (Lipinski definition) is 8. The Morgan fingerprint density at radius 2 is 1.06 bits per heavy atom. The Kier molecular flexibility index (Phi) is 17.5. The van der Waals surface area contributed by atoms with Crippen LogP contribution >= 0.6 is 0 Å². The molecule has 2 heterocycles. The van der Waals surface area contributed by atoms with Crippen molar-refractivity contribution in [3.8, 4) is 0 Å². The Morgan fingerprint density at radius 3 is 1.48 bits per heavy atom. The minimum Gasteiger partial charge on any atom is -1.00 e. The van der Waals surface area contributed by atoms with Crippen molar-refractivity contribution in [2.45, 2.75) is 88.6 Å². The van der Waals surface area contributed by atoms with Gasteiger partial charge in [-0.25, -0.2) is 14.0 Å². The number of hydrogen-bond donors (Lipinski definition) is 3. The van der Waals surface area contributed by atoms with E-state index in [1.165, 1.54) is 53.4 Å². The molecule has 10 nitrogen and oxygen atoms in total.